The van der Waals surface area contributed by atoms with E-state index in [9.17, 15) is 24.9 Å². The Balaban J connectivity index is 1.49. The van der Waals surface area contributed by atoms with Crippen LogP contribution in [0.25, 0.3) is 11.1 Å². The molecule has 7 nitrogen and oxygen atoms in total. The van der Waals surface area contributed by atoms with E-state index in [1.807, 2.05) is 48.5 Å². The number of aliphatic carboxylic acids is 1. The van der Waals surface area contributed by atoms with Crippen LogP contribution >= 0.6 is 0 Å². The van der Waals surface area contributed by atoms with E-state index in [1.54, 1.807) is 0 Å². The van der Waals surface area contributed by atoms with Crippen LogP contribution in [0.15, 0.2) is 66.7 Å². The van der Waals surface area contributed by atoms with Crippen molar-refractivity contribution in [3.63, 3.8) is 0 Å². The third-order valence-electron chi connectivity index (χ3n) is 5.19. The number of alkyl carbamates (subject to hydrolysis) is 1. The maximum absolute atomic E-state index is 12.4. The fraction of sp³-hybridized carbons (Fsp3) is 0.130. The molecular weight excluding hydrogens is 386 g/mol. The molecule has 0 fully saturated rings. The van der Waals surface area contributed by atoms with E-state index in [1.165, 1.54) is 6.07 Å². The highest BCUT2D eigenvalue weighted by molar-refractivity contribution is 5.82. The molecule has 1 unspecified atom stereocenters. The van der Waals surface area contributed by atoms with Crippen LogP contribution < -0.4 is 5.32 Å². The molecule has 1 aliphatic carbocycles. The summed E-state index contributed by atoms with van der Waals surface area (Å²) in [4.78, 5) is 24.0. The molecule has 0 spiro atoms. The monoisotopic (exact) mass is 405 g/mol. The molecule has 0 bridgehead atoms. The van der Waals surface area contributed by atoms with Crippen molar-refractivity contribution in [3.8, 4) is 22.6 Å². The smallest absolute Gasteiger partial charge is 0.408 e. The minimum atomic E-state index is -1.44. The SMILES string of the molecule is O=C(NC(C(=O)O)c1ccc(O)c(O)c1)OCC1c2ccccc2-c2ccccc21. The average molecular weight is 405 g/mol. The normalized spacial score (nSPS) is 13.2. The molecule has 1 amide bonds. The van der Waals surface area contributed by atoms with Gasteiger partial charge in [-0.1, -0.05) is 54.6 Å². The molecule has 0 aromatic heterocycles. The van der Waals surface area contributed by atoms with Crippen LogP contribution in [0.3, 0.4) is 0 Å². The van der Waals surface area contributed by atoms with Crippen molar-refractivity contribution in [2.45, 2.75) is 12.0 Å². The van der Waals surface area contributed by atoms with Gasteiger partial charge >= 0.3 is 12.1 Å². The van der Waals surface area contributed by atoms with E-state index in [0.29, 0.717) is 0 Å². The second-order valence-electron chi connectivity index (χ2n) is 6.99. The summed E-state index contributed by atoms with van der Waals surface area (Å²) in [7, 11) is 0. The summed E-state index contributed by atoms with van der Waals surface area (Å²) < 4.78 is 5.37. The van der Waals surface area contributed by atoms with Gasteiger partial charge in [0, 0.05) is 5.92 Å². The molecule has 4 rings (SSSR count). The molecule has 4 N–H and O–H groups in total. The van der Waals surface area contributed by atoms with E-state index in [2.05, 4.69) is 5.32 Å². The molecule has 0 saturated carbocycles. The number of carbonyl (C=O) groups is 2. The van der Waals surface area contributed by atoms with Crippen LogP contribution in [-0.2, 0) is 9.53 Å². The number of fused-ring (bicyclic) bond motifs is 3. The summed E-state index contributed by atoms with van der Waals surface area (Å²) in [6.07, 6.45) is -0.892. The Bertz CT molecular complexity index is 1080. The third kappa shape index (κ3) is 3.53. The number of amides is 1. The Hall–Kier alpha value is -4.00. The van der Waals surface area contributed by atoms with Gasteiger partial charge in [-0.3, -0.25) is 0 Å². The van der Waals surface area contributed by atoms with E-state index in [4.69, 9.17) is 4.74 Å². The zero-order valence-electron chi connectivity index (χ0n) is 15.8. The summed E-state index contributed by atoms with van der Waals surface area (Å²) >= 11 is 0. The van der Waals surface area contributed by atoms with Gasteiger partial charge in [-0.2, -0.15) is 0 Å². The fourth-order valence-electron chi connectivity index (χ4n) is 3.77. The summed E-state index contributed by atoms with van der Waals surface area (Å²) in [5, 5.41) is 30.8. The lowest BCUT2D eigenvalue weighted by Crippen LogP contribution is -2.34. The number of ether oxygens (including phenoxy) is 1. The van der Waals surface area contributed by atoms with E-state index >= 15 is 0 Å². The lowest BCUT2D eigenvalue weighted by Gasteiger charge is -2.18. The highest BCUT2D eigenvalue weighted by Crippen LogP contribution is 2.44. The van der Waals surface area contributed by atoms with E-state index in [0.717, 1.165) is 34.4 Å². The number of carboxylic acid groups (broad SMARTS) is 1. The largest absolute Gasteiger partial charge is 0.504 e. The maximum atomic E-state index is 12.4. The zero-order valence-corrected chi connectivity index (χ0v) is 15.8. The number of benzene rings is 3. The Labute approximate surface area is 172 Å². The third-order valence-corrected chi connectivity index (χ3v) is 5.19. The molecule has 0 aliphatic heterocycles. The molecule has 30 heavy (non-hydrogen) atoms. The number of rotatable bonds is 5. The number of nitrogens with one attached hydrogen (secondary N) is 1. The highest BCUT2D eigenvalue weighted by atomic mass is 16.5. The number of phenolic OH excluding ortho intramolecular Hbond substituents is 2. The van der Waals surface area contributed by atoms with E-state index in [-0.39, 0.29) is 23.8 Å². The first-order valence-corrected chi connectivity index (χ1v) is 9.32. The predicted molar refractivity (Wildman–Crippen MR) is 108 cm³/mol. The van der Waals surface area contributed by atoms with Crippen molar-refractivity contribution in [3.05, 3.63) is 83.4 Å². The highest BCUT2D eigenvalue weighted by Gasteiger charge is 2.30. The molecule has 1 aliphatic rings. The molecule has 0 heterocycles. The van der Waals surface area contributed by atoms with Gasteiger partial charge in [-0.05, 0) is 39.9 Å². The first kappa shape index (κ1) is 19.3. The van der Waals surface area contributed by atoms with Crippen molar-refractivity contribution in [2.75, 3.05) is 6.61 Å². The van der Waals surface area contributed by atoms with Gasteiger partial charge in [-0.25, -0.2) is 9.59 Å². The lowest BCUT2D eigenvalue weighted by molar-refractivity contribution is -0.139. The van der Waals surface area contributed by atoms with Gasteiger partial charge in [0.1, 0.15) is 6.61 Å². The Morgan fingerprint density at radius 2 is 1.50 bits per heavy atom. The summed E-state index contributed by atoms with van der Waals surface area (Å²) in [5.41, 5.74) is 4.37. The number of hydrogen-bond donors (Lipinski definition) is 4. The quantitative estimate of drug-likeness (QED) is 0.480. The average Bonchev–Trinajstić information content (AvgIpc) is 3.06. The van der Waals surface area contributed by atoms with Crippen LogP contribution in [-0.4, -0.2) is 34.0 Å². The summed E-state index contributed by atoms with van der Waals surface area (Å²) in [6.45, 7) is 0.0486. The van der Waals surface area contributed by atoms with Crippen LogP contribution in [0.5, 0.6) is 11.5 Å². The fourth-order valence-corrected chi connectivity index (χ4v) is 3.77. The van der Waals surface area contributed by atoms with Crippen molar-refractivity contribution in [2.24, 2.45) is 0 Å². The Kier molecular flexibility index (Phi) is 5.02. The predicted octanol–water partition coefficient (Wildman–Crippen LogP) is 3.76. The Morgan fingerprint density at radius 1 is 0.900 bits per heavy atom. The summed E-state index contributed by atoms with van der Waals surface area (Å²) in [6, 6.07) is 17.9. The molecule has 3 aromatic rings. The number of phenols is 2. The first-order valence-electron chi connectivity index (χ1n) is 9.32. The van der Waals surface area contributed by atoms with Gasteiger partial charge in [0.25, 0.3) is 0 Å². The number of carbonyl (C=O) groups excluding carboxylic acids is 1. The van der Waals surface area contributed by atoms with Gasteiger partial charge in [0.2, 0.25) is 0 Å². The molecule has 7 heteroatoms. The summed E-state index contributed by atoms with van der Waals surface area (Å²) in [5.74, 6) is -2.34. The molecule has 0 saturated heterocycles. The maximum Gasteiger partial charge on any atom is 0.408 e. The second-order valence-corrected chi connectivity index (χ2v) is 6.99. The van der Waals surface area contributed by atoms with Crippen molar-refractivity contribution in [1.82, 2.24) is 5.32 Å². The van der Waals surface area contributed by atoms with Crippen molar-refractivity contribution >= 4 is 12.1 Å². The molecule has 0 radical (unpaired) electrons. The minimum absolute atomic E-state index is 0.0486. The molecule has 3 aromatic carbocycles. The number of aromatic hydroxyl groups is 2. The van der Waals surface area contributed by atoms with Gasteiger partial charge < -0.3 is 25.4 Å². The van der Waals surface area contributed by atoms with Crippen molar-refractivity contribution < 1.29 is 29.6 Å². The van der Waals surface area contributed by atoms with Crippen LogP contribution in [0, 0.1) is 0 Å². The topological polar surface area (TPSA) is 116 Å². The number of hydrogen-bond acceptors (Lipinski definition) is 5. The molecular formula is C23H19NO6. The van der Waals surface area contributed by atoms with Crippen LogP contribution in [0.4, 0.5) is 4.79 Å². The molecule has 1 atom stereocenters. The van der Waals surface area contributed by atoms with Gasteiger partial charge in [-0.15, -0.1) is 0 Å². The molecule has 152 valence electrons. The first-order chi connectivity index (χ1) is 14.5. The zero-order chi connectivity index (χ0) is 21.3. The Morgan fingerprint density at radius 3 is 2.07 bits per heavy atom. The standard InChI is InChI=1S/C23H19NO6/c25-19-10-9-13(11-20(19)26)21(22(27)28)24-23(29)30-12-18-16-7-3-1-5-14(16)15-6-2-4-8-17(15)18/h1-11,18,21,25-26H,12H2,(H,24,29)(H,27,28). The van der Waals surface area contributed by atoms with Crippen LogP contribution in [0.1, 0.15) is 28.7 Å². The van der Waals surface area contributed by atoms with Crippen molar-refractivity contribution in [1.29, 1.82) is 0 Å². The second kappa shape index (κ2) is 7.79. The lowest BCUT2D eigenvalue weighted by atomic mass is 9.98. The minimum Gasteiger partial charge on any atom is -0.504 e. The number of carboxylic acids is 1. The van der Waals surface area contributed by atoms with Crippen LogP contribution in [0.2, 0.25) is 0 Å². The van der Waals surface area contributed by atoms with E-state index < -0.39 is 23.9 Å². The van der Waals surface area contributed by atoms with Gasteiger partial charge in [0.05, 0.1) is 0 Å². The van der Waals surface area contributed by atoms with Gasteiger partial charge in [0.15, 0.2) is 17.5 Å².